The van der Waals surface area contributed by atoms with Crippen molar-refractivity contribution in [1.29, 1.82) is 0 Å². The number of aromatic amines is 1. The highest BCUT2D eigenvalue weighted by molar-refractivity contribution is 5.80. The summed E-state index contributed by atoms with van der Waals surface area (Å²) in [5.74, 6) is 3.24. The molecule has 0 bridgehead atoms. The third-order valence-electron chi connectivity index (χ3n) is 10.1. The molecule has 3 saturated carbocycles. The third-order valence-corrected chi connectivity index (χ3v) is 10.1. The smallest absolute Gasteiger partial charge is 0.0577 e. The van der Waals surface area contributed by atoms with Crippen LogP contribution in [-0.2, 0) is 0 Å². The van der Waals surface area contributed by atoms with Gasteiger partial charge in [0.1, 0.15) is 0 Å². The van der Waals surface area contributed by atoms with Crippen LogP contribution >= 0.6 is 0 Å². The lowest BCUT2D eigenvalue weighted by Gasteiger charge is -2.58. The van der Waals surface area contributed by atoms with Gasteiger partial charge in [0.05, 0.1) is 6.10 Å². The third kappa shape index (κ3) is 2.51. The first-order valence-electron chi connectivity index (χ1n) is 11.9. The van der Waals surface area contributed by atoms with Crippen molar-refractivity contribution in [3.8, 4) is 0 Å². The van der Waals surface area contributed by atoms with E-state index in [-0.39, 0.29) is 6.10 Å². The molecule has 4 aliphatic carbocycles. The maximum absolute atomic E-state index is 10.2. The molecule has 2 aromatic rings. The summed E-state index contributed by atoms with van der Waals surface area (Å²) >= 11 is 0. The second kappa shape index (κ2) is 6.23. The maximum Gasteiger partial charge on any atom is 0.0577 e. The van der Waals surface area contributed by atoms with Gasteiger partial charge in [-0.3, -0.25) is 0 Å². The van der Waals surface area contributed by atoms with Crippen LogP contribution < -0.4 is 0 Å². The summed E-state index contributed by atoms with van der Waals surface area (Å²) < 4.78 is 0. The second-order valence-electron chi connectivity index (χ2n) is 11.2. The molecule has 0 radical (unpaired) electrons. The van der Waals surface area contributed by atoms with E-state index in [9.17, 15) is 5.11 Å². The maximum atomic E-state index is 10.2. The lowest BCUT2D eigenvalue weighted by atomic mass is 9.47. The quantitative estimate of drug-likeness (QED) is 0.531. The highest BCUT2D eigenvalue weighted by Gasteiger charge is 2.58. The van der Waals surface area contributed by atoms with Crippen LogP contribution in [0.25, 0.3) is 10.9 Å². The number of allylic oxidation sites excluding steroid dienone is 1. The average molecular weight is 390 g/mol. The summed E-state index contributed by atoms with van der Waals surface area (Å²) in [5, 5.41) is 11.6. The molecule has 1 aromatic carbocycles. The molecular weight excluding hydrogens is 354 g/mol. The van der Waals surface area contributed by atoms with Crippen LogP contribution in [0, 0.1) is 28.6 Å². The van der Waals surface area contributed by atoms with Crippen LogP contribution in [0.4, 0.5) is 0 Å². The van der Waals surface area contributed by atoms with E-state index in [0.29, 0.717) is 16.7 Å². The molecule has 2 nitrogen and oxygen atoms in total. The Hall–Kier alpha value is -1.54. The molecule has 29 heavy (non-hydrogen) atoms. The van der Waals surface area contributed by atoms with Crippen molar-refractivity contribution in [1.82, 2.24) is 4.98 Å². The van der Waals surface area contributed by atoms with Gasteiger partial charge in [0.15, 0.2) is 0 Å². The predicted octanol–water partition coefficient (Wildman–Crippen LogP) is 6.58. The molecule has 0 aliphatic heterocycles. The molecule has 154 valence electrons. The van der Waals surface area contributed by atoms with E-state index in [1.807, 2.05) is 0 Å². The average Bonchev–Trinajstić information content (AvgIpc) is 3.31. The number of fused-ring (bicyclic) bond motifs is 6. The van der Waals surface area contributed by atoms with Crippen LogP contribution in [0.3, 0.4) is 0 Å². The zero-order valence-corrected chi connectivity index (χ0v) is 18.0. The van der Waals surface area contributed by atoms with Gasteiger partial charge in [0.25, 0.3) is 0 Å². The summed E-state index contributed by atoms with van der Waals surface area (Å²) in [6, 6.07) is 9.36. The minimum absolute atomic E-state index is 0.0982. The van der Waals surface area contributed by atoms with E-state index < -0.39 is 0 Å². The van der Waals surface area contributed by atoms with Gasteiger partial charge in [0, 0.05) is 11.7 Å². The first-order chi connectivity index (χ1) is 14.0. The van der Waals surface area contributed by atoms with Gasteiger partial charge < -0.3 is 10.1 Å². The number of hydrogen-bond acceptors (Lipinski definition) is 1. The van der Waals surface area contributed by atoms with E-state index >= 15 is 0 Å². The Balaban J connectivity index is 1.33. The number of aromatic nitrogens is 1. The number of nitrogens with one attached hydrogen (secondary N) is 1. The van der Waals surface area contributed by atoms with Gasteiger partial charge in [-0.1, -0.05) is 31.6 Å². The van der Waals surface area contributed by atoms with Gasteiger partial charge in [0.2, 0.25) is 0 Å². The van der Waals surface area contributed by atoms with E-state index in [0.717, 1.165) is 30.6 Å². The molecule has 0 unspecified atom stereocenters. The van der Waals surface area contributed by atoms with E-state index in [1.54, 1.807) is 11.1 Å². The lowest BCUT2D eigenvalue weighted by molar-refractivity contribution is -0.0409. The van der Waals surface area contributed by atoms with Gasteiger partial charge in [-0.15, -0.1) is 0 Å². The van der Waals surface area contributed by atoms with Gasteiger partial charge in [-0.2, -0.15) is 0 Å². The molecule has 1 aromatic heterocycles. The minimum atomic E-state index is -0.0982. The first kappa shape index (κ1) is 18.2. The number of rotatable bonds is 1. The largest absolute Gasteiger partial charge is 0.393 e. The Morgan fingerprint density at radius 3 is 2.79 bits per heavy atom. The Morgan fingerprint density at radius 1 is 1.00 bits per heavy atom. The Morgan fingerprint density at radius 2 is 1.90 bits per heavy atom. The fourth-order valence-electron chi connectivity index (χ4n) is 8.48. The fraction of sp³-hybridized carbons (Fsp3) is 0.630. The zero-order valence-electron chi connectivity index (χ0n) is 18.0. The summed E-state index contributed by atoms with van der Waals surface area (Å²) in [4.78, 5) is 3.35. The summed E-state index contributed by atoms with van der Waals surface area (Å²) in [7, 11) is 0. The van der Waals surface area contributed by atoms with Gasteiger partial charge >= 0.3 is 0 Å². The zero-order chi connectivity index (χ0) is 19.8. The van der Waals surface area contributed by atoms with Crippen LogP contribution in [0.15, 0.2) is 42.1 Å². The van der Waals surface area contributed by atoms with Crippen LogP contribution in [0.2, 0.25) is 0 Å². The topological polar surface area (TPSA) is 36.0 Å². The minimum Gasteiger partial charge on any atom is -0.393 e. The molecule has 1 heterocycles. The monoisotopic (exact) mass is 389 g/mol. The highest BCUT2D eigenvalue weighted by Crippen LogP contribution is 2.68. The molecule has 4 aliphatic rings. The molecule has 0 saturated heterocycles. The number of aliphatic hydroxyl groups is 1. The van der Waals surface area contributed by atoms with Gasteiger partial charge in [-0.25, -0.2) is 0 Å². The van der Waals surface area contributed by atoms with Crippen LogP contribution in [-0.4, -0.2) is 16.2 Å². The molecule has 2 heteroatoms. The first-order valence-corrected chi connectivity index (χ1v) is 11.9. The molecular formula is C27H35NO. The lowest BCUT2D eigenvalue weighted by Crippen LogP contribution is -2.50. The van der Waals surface area contributed by atoms with Crippen molar-refractivity contribution in [3.05, 3.63) is 47.7 Å². The molecule has 7 atom stereocenters. The number of hydrogen-bond donors (Lipinski definition) is 2. The Labute approximate surface area is 174 Å². The summed E-state index contributed by atoms with van der Waals surface area (Å²) in [5.41, 5.74) is 5.22. The van der Waals surface area contributed by atoms with Crippen LogP contribution in [0.1, 0.15) is 76.7 Å². The molecule has 6 rings (SSSR count). The number of aliphatic hydroxyl groups excluding tert-OH is 1. The number of H-pyrrole nitrogens is 1. The molecule has 0 amide bonds. The second-order valence-corrected chi connectivity index (χ2v) is 11.2. The van der Waals surface area contributed by atoms with Crippen molar-refractivity contribution in [2.75, 3.05) is 0 Å². The van der Waals surface area contributed by atoms with Gasteiger partial charge in [-0.05, 0) is 115 Å². The van der Waals surface area contributed by atoms with E-state index in [2.05, 4.69) is 55.4 Å². The van der Waals surface area contributed by atoms with Crippen molar-refractivity contribution in [3.63, 3.8) is 0 Å². The molecule has 0 spiro atoms. The normalized spacial score (nSPS) is 44.1. The SMILES string of the molecule is C[C@]12CC[C@H]3[C@@H](CC=C4C[C@@H](O)CC[C@@]43C)[C@@H]1CC[C@@H]2c1ccc2[nH]ccc2c1. The Bertz CT molecular complexity index is 972. The standard InChI is InChI=1S/C27H35NO/c1-26-12-9-20(29)16-19(26)4-5-21-23-7-6-22(27(23,2)13-10-24(21)26)17-3-8-25-18(15-17)11-14-28-25/h3-4,8,11,14-15,20-24,28-29H,5-7,9-10,12-13,16H2,1-2H3/t20-,21-,22+,23-,24-,26-,27+/m0/s1. The highest BCUT2D eigenvalue weighted by atomic mass is 16.3. The number of benzene rings is 1. The van der Waals surface area contributed by atoms with Crippen molar-refractivity contribution in [2.45, 2.75) is 77.2 Å². The molecule has 3 fully saturated rings. The Kier molecular flexibility index (Phi) is 3.92. The van der Waals surface area contributed by atoms with Crippen molar-refractivity contribution < 1.29 is 5.11 Å². The summed E-state index contributed by atoms with van der Waals surface area (Å²) in [6.07, 6.45) is 14.4. The van der Waals surface area contributed by atoms with Crippen molar-refractivity contribution in [2.24, 2.45) is 28.6 Å². The van der Waals surface area contributed by atoms with E-state index in [1.165, 1.54) is 49.4 Å². The van der Waals surface area contributed by atoms with Crippen LogP contribution in [0.5, 0.6) is 0 Å². The fourth-order valence-corrected chi connectivity index (χ4v) is 8.48. The predicted molar refractivity (Wildman–Crippen MR) is 119 cm³/mol. The van der Waals surface area contributed by atoms with E-state index in [4.69, 9.17) is 0 Å². The molecule has 2 N–H and O–H groups in total. The van der Waals surface area contributed by atoms with Crippen molar-refractivity contribution >= 4 is 10.9 Å². The summed E-state index contributed by atoms with van der Waals surface area (Å²) in [6.45, 7) is 5.16.